The maximum absolute atomic E-state index is 12.1. The van der Waals surface area contributed by atoms with Crippen LogP contribution in [0.25, 0.3) is 0 Å². The minimum Gasteiger partial charge on any atom is -0.846 e. The third-order valence-corrected chi connectivity index (χ3v) is 3.23. The van der Waals surface area contributed by atoms with E-state index in [9.17, 15) is 14.7 Å². The van der Waals surface area contributed by atoms with Gasteiger partial charge in [0.1, 0.15) is 5.41 Å². The second-order valence-corrected chi connectivity index (χ2v) is 5.31. The van der Waals surface area contributed by atoms with Gasteiger partial charge in [-0.3, -0.25) is 9.59 Å². The molecule has 1 aliphatic rings. The van der Waals surface area contributed by atoms with Crippen molar-refractivity contribution in [3.8, 4) is 0 Å². The average molecular weight is 276 g/mol. The topological polar surface area (TPSA) is 81.6 Å². The molecule has 0 fully saturated rings. The van der Waals surface area contributed by atoms with E-state index in [1.807, 2.05) is 13.8 Å². The quantitative estimate of drug-likeness (QED) is 0.345. The van der Waals surface area contributed by atoms with Crippen LogP contribution in [0.5, 0.6) is 0 Å². The molecule has 19 heavy (non-hydrogen) atoms. The number of nitrogens with zero attached hydrogens (tertiary/aromatic N) is 1. The van der Waals surface area contributed by atoms with Crippen molar-refractivity contribution in [2.24, 2.45) is 16.3 Å². The van der Waals surface area contributed by atoms with Crippen LogP contribution in [0.4, 0.5) is 0 Å². The Morgan fingerprint density at radius 3 is 2.42 bits per heavy atom. The van der Waals surface area contributed by atoms with Crippen LogP contribution in [0.2, 0.25) is 0 Å². The van der Waals surface area contributed by atoms with Crippen molar-refractivity contribution < 1.29 is 44.3 Å². The third-order valence-electron chi connectivity index (χ3n) is 3.23. The number of unbranched alkanes of at least 4 members (excludes halogenated alkanes) is 2. The number of hydrogen-bond donors (Lipinski definition) is 1. The minimum atomic E-state index is -1.13. The summed E-state index contributed by atoms with van der Waals surface area (Å²) in [6.07, 6.45) is 3.70. The molecule has 0 aromatic rings. The molecular weight excluding hydrogens is 255 g/mol. The molecule has 5 nitrogen and oxygen atoms in total. The number of hydrogen-bond acceptors (Lipinski definition) is 3. The van der Waals surface area contributed by atoms with Gasteiger partial charge >= 0.3 is 29.6 Å². The molecule has 102 valence electrons. The molecule has 0 aliphatic carbocycles. The van der Waals surface area contributed by atoms with E-state index in [0.29, 0.717) is 12.8 Å². The Kier molecular flexibility index (Phi) is 7.86. The second kappa shape index (κ2) is 8.02. The fourth-order valence-electron chi connectivity index (χ4n) is 2.42. The number of rotatable bonds is 6. The van der Waals surface area contributed by atoms with Gasteiger partial charge in [0.05, 0.1) is 6.02 Å². The van der Waals surface area contributed by atoms with Crippen LogP contribution in [0.1, 0.15) is 52.9 Å². The molecule has 0 aromatic carbocycles. The maximum atomic E-state index is 12.1. The molecule has 0 saturated carbocycles. The van der Waals surface area contributed by atoms with E-state index in [1.54, 1.807) is 0 Å². The summed E-state index contributed by atoms with van der Waals surface area (Å²) in [5.41, 5.74) is -1.13. The summed E-state index contributed by atoms with van der Waals surface area (Å²) in [6.45, 7) is 5.98. The minimum absolute atomic E-state index is 0. The molecule has 2 amide bonds. The average Bonchev–Trinajstić information content (AvgIpc) is 2.25. The van der Waals surface area contributed by atoms with E-state index in [1.165, 1.54) is 0 Å². The van der Waals surface area contributed by atoms with Gasteiger partial charge in [0.2, 0.25) is 5.91 Å². The predicted molar refractivity (Wildman–Crippen MR) is 66.6 cm³/mol. The number of amidine groups is 1. The number of nitrogens with one attached hydrogen (secondary N) is 1. The van der Waals surface area contributed by atoms with Crippen LogP contribution in [0.3, 0.4) is 0 Å². The fraction of sp³-hybridized carbons (Fsp3) is 0.769. The zero-order valence-electron chi connectivity index (χ0n) is 12.3. The number of amides is 2. The predicted octanol–water partition coefficient (Wildman–Crippen LogP) is -2.02. The Morgan fingerprint density at radius 2 is 1.95 bits per heavy atom. The zero-order valence-corrected chi connectivity index (χ0v) is 14.3. The van der Waals surface area contributed by atoms with E-state index >= 15 is 0 Å². The van der Waals surface area contributed by atoms with Crippen LogP contribution in [-0.4, -0.2) is 17.8 Å². The first-order valence-electron chi connectivity index (χ1n) is 6.54. The maximum Gasteiger partial charge on any atom is 1.00 e. The van der Waals surface area contributed by atoms with Crippen molar-refractivity contribution in [2.45, 2.75) is 52.9 Å². The zero-order chi connectivity index (χ0) is 13.8. The van der Waals surface area contributed by atoms with Gasteiger partial charge in [-0.1, -0.05) is 40.0 Å². The van der Waals surface area contributed by atoms with Crippen molar-refractivity contribution >= 4 is 17.8 Å². The third kappa shape index (κ3) is 4.58. The van der Waals surface area contributed by atoms with Crippen LogP contribution >= 0.6 is 0 Å². The molecule has 0 spiro atoms. The van der Waals surface area contributed by atoms with Crippen molar-refractivity contribution in [3.05, 3.63) is 0 Å². The van der Waals surface area contributed by atoms with Crippen molar-refractivity contribution in [1.82, 2.24) is 5.32 Å². The van der Waals surface area contributed by atoms with Crippen molar-refractivity contribution in [3.63, 3.8) is 0 Å². The Balaban J connectivity index is 0.00000324. The first-order valence-corrected chi connectivity index (χ1v) is 6.54. The van der Waals surface area contributed by atoms with E-state index in [0.717, 1.165) is 19.3 Å². The molecule has 0 saturated heterocycles. The Morgan fingerprint density at radius 1 is 1.32 bits per heavy atom. The number of aliphatic imine (C=N–C) groups is 1. The summed E-state index contributed by atoms with van der Waals surface area (Å²) < 4.78 is 0. The van der Waals surface area contributed by atoms with Crippen LogP contribution in [0.15, 0.2) is 4.99 Å². The summed E-state index contributed by atoms with van der Waals surface area (Å²) in [6, 6.07) is -0.833. The largest absolute Gasteiger partial charge is 1.00 e. The number of carbonyl (C=O) groups is 2. The van der Waals surface area contributed by atoms with Crippen molar-refractivity contribution in [2.75, 3.05) is 0 Å². The number of carbonyl (C=O) groups excluding carboxylic acids is 2. The molecule has 6 heteroatoms. The van der Waals surface area contributed by atoms with Crippen molar-refractivity contribution in [1.29, 1.82) is 0 Å². The molecule has 1 heterocycles. The van der Waals surface area contributed by atoms with Crippen LogP contribution in [-0.2, 0) is 9.59 Å². The molecule has 1 atom stereocenters. The van der Waals surface area contributed by atoms with Gasteiger partial charge in [-0.15, -0.1) is 0 Å². The standard InChI is InChI=1S/C13H22N2O3.Na/c1-4-5-6-7-13(8-9(2)3)10(16)14-12(18)15-11(13)17;/h9H,4-8H2,1-3H3,(H2,14,15,16,17,18);/q;+1/p-1. The van der Waals surface area contributed by atoms with Gasteiger partial charge < -0.3 is 10.4 Å². The van der Waals surface area contributed by atoms with Gasteiger partial charge in [-0.25, -0.2) is 4.99 Å². The normalized spacial score (nSPS) is 22.8. The van der Waals surface area contributed by atoms with Gasteiger partial charge in [-0.05, 0) is 18.8 Å². The summed E-state index contributed by atoms with van der Waals surface area (Å²) in [7, 11) is 0. The molecule has 0 aromatic heterocycles. The first-order chi connectivity index (χ1) is 8.42. The fourth-order valence-corrected chi connectivity index (χ4v) is 2.42. The smallest absolute Gasteiger partial charge is 0.846 e. The van der Waals surface area contributed by atoms with Gasteiger partial charge in [-0.2, -0.15) is 0 Å². The Hall–Kier alpha value is -0.390. The monoisotopic (exact) mass is 276 g/mol. The van der Waals surface area contributed by atoms with Gasteiger partial charge in [0, 0.05) is 0 Å². The Bertz CT molecular complexity index is 369. The first kappa shape index (κ1) is 18.6. The van der Waals surface area contributed by atoms with Gasteiger partial charge in [0.25, 0.3) is 5.91 Å². The summed E-state index contributed by atoms with van der Waals surface area (Å²) in [4.78, 5) is 27.5. The van der Waals surface area contributed by atoms with Crippen LogP contribution in [0, 0.1) is 11.3 Å². The van der Waals surface area contributed by atoms with Crippen LogP contribution < -0.4 is 40.0 Å². The summed E-state index contributed by atoms with van der Waals surface area (Å²) in [5, 5.41) is 13.2. The molecule has 1 aliphatic heterocycles. The molecule has 1 N–H and O–H groups in total. The van der Waals surface area contributed by atoms with E-state index in [2.05, 4.69) is 17.2 Å². The molecule has 0 bridgehead atoms. The molecule has 0 radical (unpaired) electrons. The Labute approximate surface area is 136 Å². The van der Waals surface area contributed by atoms with E-state index < -0.39 is 23.3 Å². The van der Waals surface area contributed by atoms with E-state index in [-0.39, 0.29) is 35.5 Å². The molecule has 1 rings (SSSR count). The summed E-state index contributed by atoms with van der Waals surface area (Å²) >= 11 is 0. The second-order valence-electron chi connectivity index (χ2n) is 5.31. The van der Waals surface area contributed by atoms with E-state index in [4.69, 9.17) is 0 Å². The SMILES string of the molecule is CCCCCC1(CC(C)C)C(=O)N=C([O-])NC1=O.[Na+]. The van der Waals surface area contributed by atoms with Gasteiger partial charge in [0.15, 0.2) is 0 Å². The molecular formula is C13H21N2NaO3. The summed E-state index contributed by atoms with van der Waals surface area (Å²) in [5.74, 6) is -0.844. The molecule has 1 unspecified atom stereocenters.